The molecule has 0 radical (unpaired) electrons. The fourth-order valence-electron chi connectivity index (χ4n) is 2.36. The standard InChI is InChI=1S/C19H17NO3/c1-12(2)13-6-8-14(9-7-13)17-11-20-18(23-17)15-4-3-5-16(10-15)19(21)22/h3-12H,1-2H3,(H,21,22). The van der Waals surface area contributed by atoms with Gasteiger partial charge in [0.1, 0.15) is 0 Å². The summed E-state index contributed by atoms with van der Waals surface area (Å²) >= 11 is 0. The lowest BCUT2D eigenvalue weighted by Crippen LogP contribution is -1.95. The van der Waals surface area contributed by atoms with E-state index in [1.165, 1.54) is 5.56 Å². The Balaban J connectivity index is 1.91. The highest BCUT2D eigenvalue weighted by molar-refractivity contribution is 5.89. The van der Waals surface area contributed by atoms with Crippen LogP contribution in [0.2, 0.25) is 0 Å². The van der Waals surface area contributed by atoms with E-state index in [-0.39, 0.29) is 5.56 Å². The lowest BCUT2D eigenvalue weighted by Gasteiger charge is -2.05. The van der Waals surface area contributed by atoms with Crippen LogP contribution in [0, 0.1) is 0 Å². The predicted octanol–water partition coefficient (Wildman–Crippen LogP) is 4.83. The Hall–Kier alpha value is -2.88. The van der Waals surface area contributed by atoms with Gasteiger partial charge in [-0.15, -0.1) is 0 Å². The summed E-state index contributed by atoms with van der Waals surface area (Å²) in [5.74, 6) is 0.586. The Kier molecular flexibility index (Phi) is 3.98. The van der Waals surface area contributed by atoms with E-state index in [1.54, 1.807) is 30.5 Å². The van der Waals surface area contributed by atoms with Gasteiger partial charge < -0.3 is 9.52 Å². The van der Waals surface area contributed by atoms with Crippen molar-refractivity contribution in [2.75, 3.05) is 0 Å². The first-order valence-electron chi connectivity index (χ1n) is 7.44. The van der Waals surface area contributed by atoms with Gasteiger partial charge in [0.25, 0.3) is 0 Å². The molecular weight excluding hydrogens is 290 g/mol. The molecule has 3 rings (SSSR count). The second-order valence-corrected chi connectivity index (χ2v) is 5.69. The number of nitrogens with zero attached hydrogens (tertiary/aromatic N) is 1. The Labute approximate surface area is 134 Å². The molecule has 0 aliphatic rings. The van der Waals surface area contributed by atoms with Gasteiger partial charge in [-0.1, -0.05) is 44.2 Å². The third kappa shape index (κ3) is 3.16. The van der Waals surface area contributed by atoms with Crippen molar-refractivity contribution in [1.29, 1.82) is 0 Å². The molecule has 0 amide bonds. The summed E-state index contributed by atoms with van der Waals surface area (Å²) < 4.78 is 5.79. The van der Waals surface area contributed by atoms with Gasteiger partial charge in [0.2, 0.25) is 5.89 Å². The molecule has 0 atom stereocenters. The summed E-state index contributed by atoms with van der Waals surface area (Å²) in [4.78, 5) is 15.3. The van der Waals surface area contributed by atoms with E-state index in [0.717, 1.165) is 5.56 Å². The maximum Gasteiger partial charge on any atom is 0.335 e. The van der Waals surface area contributed by atoms with E-state index >= 15 is 0 Å². The van der Waals surface area contributed by atoms with Crippen molar-refractivity contribution in [3.63, 3.8) is 0 Å². The first-order valence-corrected chi connectivity index (χ1v) is 7.44. The molecule has 2 aromatic carbocycles. The van der Waals surface area contributed by atoms with Gasteiger partial charge in [0.15, 0.2) is 5.76 Å². The molecule has 0 aliphatic carbocycles. The van der Waals surface area contributed by atoms with Crippen LogP contribution in [0.4, 0.5) is 0 Å². The first kappa shape index (κ1) is 15.0. The quantitative estimate of drug-likeness (QED) is 0.749. The lowest BCUT2D eigenvalue weighted by molar-refractivity contribution is 0.0697. The summed E-state index contributed by atoms with van der Waals surface area (Å²) in [5, 5.41) is 9.06. The number of aromatic carboxylic acids is 1. The minimum Gasteiger partial charge on any atom is -0.478 e. The van der Waals surface area contributed by atoms with Crippen LogP contribution in [0.15, 0.2) is 59.1 Å². The summed E-state index contributed by atoms with van der Waals surface area (Å²) in [7, 11) is 0. The number of rotatable bonds is 4. The molecule has 23 heavy (non-hydrogen) atoms. The Morgan fingerprint density at radius 3 is 2.48 bits per heavy atom. The van der Waals surface area contributed by atoms with Crippen LogP contribution >= 0.6 is 0 Å². The third-order valence-corrected chi connectivity index (χ3v) is 3.72. The van der Waals surface area contributed by atoms with Crippen LogP contribution in [0.1, 0.15) is 35.7 Å². The SMILES string of the molecule is CC(C)c1ccc(-c2cnc(-c3cccc(C(=O)O)c3)o2)cc1. The molecule has 1 heterocycles. The molecule has 0 saturated carbocycles. The molecular formula is C19H17NO3. The van der Waals surface area contributed by atoms with Crippen molar-refractivity contribution in [2.45, 2.75) is 19.8 Å². The number of aromatic nitrogens is 1. The molecule has 1 aromatic heterocycles. The van der Waals surface area contributed by atoms with E-state index < -0.39 is 5.97 Å². The minimum absolute atomic E-state index is 0.212. The second kappa shape index (κ2) is 6.08. The maximum atomic E-state index is 11.0. The van der Waals surface area contributed by atoms with Crippen LogP contribution in [-0.2, 0) is 0 Å². The highest BCUT2D eigenvalue weighted by Crippen LogP contribution is 2.27. The molecule has 1 N–H and O–H groups in total. The monoisotopic (exact) mass is 307 g/mol. The van der Waals surface area contributed by atoms with Gasteiger partial charge in [0.05, 0.1) is 11.8 Å². The number of oxazole rings is 1. The summed E-state index contributed by atoms with van der Waals surface area (Å²) in [5.41, 5.74) is 3.07. The molecule has 3 aromatic rings. The average molecular weight is 307 g/mol. The Morgan fingerprint density at radius 2 is 1.83 bits per heavy atom. The Morgan fingerprint density at radius 1 is 1.09 bits per heavy atom. The summed E-state index contributed by atoms with van der Waals surface area (Å²) in [6.07, 6.45) is 1.66. The number of carboxylic acids is 1. The van der Waals surface area contributed by atoms with Crippen molar-refractivity contribution in [3.05, 3.63) is 65.9 Å². The summed E-state index contributed by atoms with van der Waals surface area (Å²) in [6, 6.07) is 14.7. The average Bonchev–Trinajstić information content (AvgIpc) is 3.05. The lowest BCUT2D eigenvalue weighted by atomic mass is 10.0. The highest BCUT2D eigenvalue weighted by atomic mass is 16.4. The van der Waals surface area contributed by atoms with Crippen LogP contribution < -0.4 is 0 Å². The van der Waals surface area contributed by atoms with Crippen molar-refractivity contribution in [3.8, 4) is 22.8 Å². The van der Waals surface area contributed by atoms with Crippen molar-refractivity contribution >= 4 is 5.97 Å². The van der Waals surface area contributed by atoms with Gasteiger partial charge in [-0.05, 0) is 29.7 Å². The van der Waals surface area contributed by atoms with Gasteiger partial charge in [-0.25, -0.2) is 9.78 Å². The number of hydrogen-bond acceptors (Lipinski definition) is 3. The smallest absolute Gasteiger partial charge is 0.335 e. The van der Waals surface area contributed by atoms with Crippen molar-refractivity contribution < 1.29 is 14.3 Å². The zero-order valence-corrected chi connectivity index (χ0v) is 13.0. The molecule has 0 saturated heterocycles. The normalized spacial score (nSPS) is 10.9. The van der Waals surface area contributed by atoms with Crippen LogP contribution in [0.5, 0.6) is 0 Å². The third-order valence-electron chi connectivity index (χ3n) is 3.72. The van der Waals surface area contributed by atoms with Gasteiger partial charge in [-0.2, -0.15) is 0 Å². The van der Waals surface area contributed by atoms with E-state index in [9.17, 15) is 4.79 Å². The molecule has 4 heteroatoms. The van der Waals surface area contributed by atoms with Crippen LogP contribution in [0.3, 0.4) is 0 Å². The van der Waals surface area contributed by atoms with Gasteiger partial charge in [0, 0.05) is 11.1 Å². The molecule has 116 valence electrons. The molecule has 0 unspecified atom stereocenters. The molecule has 0 fully saturated rings. The van der Waals surface area contributed by atoms with Crippen LogP contribution in [-0.4, -0.2) is 16.1 Å². The van der Waals surface area contributed by atoms with Crippen LogP contribution in [0.25, 0.3) is 22.8 Å². The first-order chi connectivity index (χ1) is 11.0. The number of benzene rings is 2. The fraction of sp³-hybridized carbons (Fsp3) is 0.158. The number of hydrogen-bond donors (Lipinski definition) is 1. The van der Waals surface area contributed by atoms with E-state index in [1.807, 2.05) is 12.1 Å². The molecule has 0 spiro atoms. The maximum absolute atomic E-state index is 11.0. The molecule has 4 nitrogen and oxygen atoms in total. The predicted molar refractivity (Wildman–Crippen MR) is 88.4 cm³/mol. The van der Waals surface area contributed by atoms with E-state index in [4.69, 9.17) is 9.52 Å². The largest absolute Gasteiger partial charge is 0.478 e. The van der Waals surface area contributed by atoms with Gasteiger partial charge >= 0.3 is 5.97 Å². The highest BCUT2D eigenvalue weighted by Gasteiger charge is 2.11. The van der Waals surface area contributed by atoms with Crippen molar-refractivity contribution in [2.24, 2.45) is 0 Å². The number of carboxylic acid groups (broad SMARTS) is 1. The van der Waals surface area contributed by atoms with E-state index in [2.05, 4.69) is 31.0 Å². The van der Waals surface area contributed by atoms with Gasteiger partial charge in [-0.3, -0.25) is 0 Å². The second-order valence-electron chi connectivity index (χ2n) is 5.69. The minimum atomic E-state index is -0.970. The zero-order chi connectivity index (χ0) is 16.4. The molecule has 0 bridgehead atoms. The number of carbonyl (C=O) groups is 1. The topological polar surface area (TPSA) is 63.3 Å². The zero-order valence-electron chi connectivity index (χ0n) is 13.0. The summed E-state index contributed by atoms with van der Waals surface area (Å²) in [6.45, 7) is 4.30. The molecule has 0 aliphatic heterocycles. The van der Waals surface area contributed by atoms with E-state index in [0.29, 0.717) is 23.1 Å². The van der Waals surface area contributed by atoms with Crippen molar-refractivity contribution in [1.82, 2.24) is 4.98 Å². The Bertz CT molecular complexity index is 832. The fourth-order valence-corrected chi connectivity index (χ4v) is 2.36.